The van der Waals surface area contributed by atoms with E-state index in [1.807, 2.05) is 30.4 Å². The van der Waals surface area contributed by atoms with Crippen LogP contribution >= 0.6 is 0 Å². The maximum Gasteiger partial charge on any atom is 0.203 e. The first-order chi connectivity index (χ1) is 17.9. The van der Waals surface area contributed by atoms with Gasteiger partial charge in [0.05, 0.1) is 41.2 Å². The van der Waals surface area contributed by atoms with Crippen LogP contribution in [0.25, 0.3) is 12.2 Å². The van der Waals surface area contributed by atoms with Crippen molar-refractivity contribution in [3.63, 3.8) is 0 Å². The summed E-state index contributed by atoms with van der Waals surface area (Å²) in [6.07, 6.45) is 7.15. The molecule has 0 bridgehead atoms. The zero-order valence-electron chi connectivity index (χ0n) is 21.5. The lowest BCUT2D eigenvalue weighted by Crippen LogP contribution is -1.99. The van der Waals surface area contributed by atoms with Crippen LogP contribution in [0.2, 0.25) is 0 Å². The van der Waals surface area contributed by atoms with Gasteiger partial charge in [-0.2, -0.15) is 0 Å². The number of anilines is 1. The number of benzene rings is 3. The van der Waals surface area contributed by atoms with Gasteiger partial charge in [0, 0.05) is 11.1 Å². The van der Waals surface area contributed by atoms with Crippen LogP contribution in [0.15, 0.2) is 54.6 Å². The van der Waals surface area contributed by atoms with Crippen LogP contribution in [-0.2, 0) is 6.42 Å². The molecule has 3 rings (SSSR count). The standard InChI is InChI=1S/C29H31NO7/c1-33-24-13-12-20(17-22(24)30)23(31)8-6-7-21-19(11-14-25(34-2)28(21)32)10-9-18-15-26(35-3)29(37-5)27(16-18)36-4/h6,8-17,32H,7,30H2,1-5H3/b8-6-,10-9-. The molecule has 0 aliphatic carbocycles. The van der Waals surface area contributed by atoms with Gasteiger partial charge in [0.15, 0.2) is 28.8 Å². The Bertz CT molecular complexity index is 1300. The molecule has 0 aromatic heterocycles. The van der Waals surface area contributed by atoms with Gasteiger partial charge < -0.3 is 34.5 Å². The van der Waals surface area contributed by atoms with E-state index in [-0.39, 0.29) is 18.0 Å². The Hall–Kier alpha value is -4.59. The van der Waals surface area contributed by atoms with Gasteiger partial charge >= 0.3 is 0 Å². The molecule has 0 radical (unpaired) electrons. The van der Waals surface area contributed by atoms with Gasteiger partial charge in [0.1, 0.15) is 5.75 Å². The number of ether oxygens (including phenoxy) is 5. The van der Waals surface area contributed by atoms with Crippen LogP contribution in [0, 0.1) is 0 Å². The molecular weight excluding hydrogens is 474 g/mol. The number of hydrogen-bond donors (Lipinski definition) is 2. The van der Waals surface area contributed by atoms with Crippen LogP contribution < -0.4 is 29.4 Å². The molecule has 0 atom stereocenters. The fourth-order valence-corrected chi connectivity index (χ4v) is 3.82. The molecule has 0 heterocycles. The molecule has 3 aromatic carbocycles. The minimum Gasteiger partial charge on any atom is -0.504 e. The predicted octanol–water partition coefficient (Wildman–Crippen LogP) is 5.17. The molecule has 0 amide bonds. The molecule has 3 N–H and O–H groups in total. The molecule has 0 saturated carbocycles. The second kappa shape index (κ2) is 12.4. The average Bonchev–Trinajstić information content (AvgIpc) is 2.92. The van der Waals surface area contributed by atoms with Gasteiger partial charge in [-0.1, -0.05) is 24.3 Å². The molecule has 0 spiro atoms. The van der Waals surface area contributed by atoms with Gasteiger partial charge in [-0.3, -0.25) is 4.79 Å². The van der Waals surface area contributed by atoms with Gasteiger partial charge in [0.2, 0.25) is 5.75 Å². The molecule has 8 heteroatoms. The van der Waals surface area contributed by atoms with Gasteiger partial charge in [-0.25, -0.2) is 0 Å². The number of ketones is 1. The topological polar surface area (TPSA) is 109 Å². The van der Waals surface area contributed by atoms with Crippen molar-refractivity contribution < 1.29 is 33.6 Å². The Labute approximate surface area is 216 Å². The number of methoxy groups -OCH3 is 5. The second-order valence-corrected chi connectivity index (χ2v) is 7.90. The predicted molar refractivity (Wildman–Crippen MR) is 144 cm³/mol. The van der Waals surface area contributed by atoms with E-state index >= 15 is 0 Å². The van der Waals surface area contributed by atoms with Crippen LogP contribution in [-0.4, -0.2) is 46.4 Å². The number of phenols is 1. The Morgan fingerprint density at radius 2 is 1.43 bits per heavy atom. The number of carbonyl (C=O) groups is 1. The molecule has 0 aliphatic heterocycles. The average molecular weight is 506 g/mol. The fourth-order valence-electron chi connectivity index (χ4n) is 3.82. The summed E-state index contributed by atoms with van der Waals surface area (Å²) < 4.78 is 26.7. The number of allylic oxidation sites excluding steroid dienone is 2. The van der Waals surface area contributed by atoms with Crippen molar-refractivity contribution >= 4 is 23.6 Å². The summed E-state index contributed by atoms with van der Waals surface area (Å²) >= 11 is 0. The lowest BCUT2D eigenvalue weighted by atomic mass is 10.00. The highest BCUT2D eigenvalue weighted by Crippen LogP contribution is 2.39. The highest BCUT2D eigenvalue weighted by molar-refractivity contribution is 6.05. The van der Waals surface area contributed by atoms with Crippen LogP contribution in [0.4, 0.5) is 5.69 Å². The SMILES string of the molecule is COc1ccc(C(=O)/C=C\Cc2c(/C=C\c3cc(OC)c(OC)c(OC)c3)ccc(OC)c2O)cc1N. The maximum absolute atomic E-state index is 12.6. The lowest BCUT2D eigenvalue weighted by Gasteiger charge is -2.13. The van der Waals surface area contributed by atoms with Crippen LogP contribution in [0.3, 0.4) is 0 Å². The molecule has 194 valence electrons. The highest BCUT2D eigenvalue weighted by atomic mass is 16.5. The van der Waals surface area contributed by atoms with Crippen molar-refractivity contribution in [3.05, 3.63) is 76.9 Å². The first-order valence-electron chi connectivity index (χ1n) is 11.4. The van der Waals surface area contributed by atoms with E-state index in [2.05, 4.69) is 0 Å². The van der Waals surface area contributed by atoms with Crippen molar-refractivity contribution in [2.24, 2.45) is 0 Å². The molecule has 0 saturated heterocycles. The van der Waals surface area contributed by atoms with Crippen molar-refractivity contribution in [1.82, 2.24) is 0 Å². The number of rotatable bonds is 11. The molecule has 0 aliphatic rings. The quantitative estimate of drug-likeness (QED) is 0.159. The molecule has 37 heavy (non-hydrogen) atoms. The summed E-state index contributed by atoms with van der Waals surface area (Å²) in [6, 6.07) is 12.0. The third kappa shape index (κ3) is 6.16. The van der Waals surface area contributed by atoms with E-state index in [1.54, 1.807) is 51.7 Å². The van der Waals surface area contributed by atoms with Gasteiger partial charge in [-0.05, 0) is 60.0 Å². The molecular formula is C29H31NO7. The lowest BCUT2D eigenvalue weighted by molar-refractivity contribution is 0.104. The first kappa shape index (κ1) is 27.0. The zero-order chi connectivity index (χ0) is 26.9. The van der Waals surface area contributed by atoms with Crippen molar-refractivity contribution in [1.29, 1.82) is 0 Å². The van der Waals surface area contributed by atoms with Gasteiger partial charge in [-0.15, -0.1) is 0 Å². The number of nitrogens with two attached hydrogens (primary N) is 1. The van der Waals surface area contributed by atoms with Crippen LogP contribution in [0.1, 0.15) is 27.0 Å². The van der Waals surface area contributed by atoms with Crippen molar-refractivity contribution in [2.45, 2.75) is 6.42 Å². The summed E-state index contributed by atoms with van der Waals surface area (Å²) in [5, 5.41) is 10.8. The summed E-state index contributed by atoms with van der Waals surface area (Å²) in [6.45, 7) is 0. The molecule has 0 fully saturated rings. The number of carbonyl (C=O) groups excluding carboxylic acids is 1. The first-order valence-corrected chi connectivity index (χ1v) is 11.4. The Balaban J connectivity index is 1.90. The van der Waals surface area contributed by atoms with E-state index < -0.39 is 0 Å². The second-order valence-electron chi connectivity index (χ2n) is 7.90. The van der Waals surface area contributed by atoms with Gasteiger partial charge in [0.25, 0.3) is 0 Å². The fraction of sp³-hybridized carbons (Fsp3) is 0.207. The highest BCUT2D eigenvalue weighted by Gasteiger charge is 2.14. The number of hydrogen-bond acceptors (Lipinski definition) is 8. The third-order valence-corrected chi connectivity index (χ3v) is 5.75. The molecule has 3 aromatic rings. The Kier molecular flexibility index (Phi) is 9.05. The number of nitrogen functional groups attached to an aromatic ring is 1. The summed E-state index contributed by atoms with van der Waals surface area (Å²) in [5.41, 5.74) is 8.89. The van der Waals surface area contributed by atoms with E-state index in [9.17, 15) is 9.90 Å². The third-order valence-electron chi connectivity index (χ3n) is 5.75. The number of aromatic hydroxyl groups is 1. The van der Waals surface area contributed by atoms with E-state index in [0.717, 1.165) is 11.1 Å². The smallest absolute Gasteiger partial charge is 0.203 e. The number of phenolic OH excluding ortho intramolecular Hbond substituents is 1. The summed E-state index contributed by atoms with van der Waals surface area (Å²) in [7, 11) is 7.65. The Morgan fingerprint density at radius 1 is 0.811 bits per heavy atom. The normalized spacial score (nSPS) is 11.1. The molecule has 0 unspecified atom stereocenters. The van der Waals surface area contributed by atoms with E-state index in [4.69, 9.17) is 29.4 Å². The van der Waals surface area contributed by atoms with E-state index in [1.165, 1.54) is 20.3 Å². The van der Waals surface area contributed by atoms with Crippen LogP contribution in [0.5, 0.6) is 34.5 Å². The Morgan fingerprint density at radius 3 is 2.00 bits per heavy atom. The maximum atomic E-state index is 12.6. The molecule has 8 nitrogen and oxygen atoms in total. The largest absolute Gasteiger partial charge is 0.504 e. The zero-order valence-corrected chi connectivity index (χ0v) is 21.5. The monoisotopic (exact) mass is 505 g/mol. The minimum absolute atomic E-state index is 0.000308. The van der Waals surface area contributed by atoms with Crippen molar-refractivity contribution in [3.8, 4) is 34.5 Å². The summed E-state index contributed by atoms with van der Waals surface area (Å²) in [5.74, 6) is 2.18. The minimum atomic E-state index is -0.216. The summed E-state index contributed by atoms with van der Waals surface area (Å²) in [4.78, 5) is 12.6. The van der Waals surface area contributed by atoms with Crippen molar-refractivity contribution in [2.75, 3.05) is 41.3 Å². The van der Waals surface area contributed by atoms with E-state index in [0.29, 0.717) is 45.6 Å².